The summed E-state index contributed by atoms with van der Waals surface area (Å²) >= 11 is 0. The maximum absolute atomic E-state index is 13.0. The van der Waals surface area contributed by atoms with Crippen molar-refractivity contribution in [1.82, 2.24) is 5.32 Å². The van der Waals surface area contributed by atoms with E-state index >= 15 is 0 Å². The van der Waals surface area contributed by atoms with E-state index in [4.69, 9.17) is 4.74 Å². The Labute approximate surface area is 160 Å². The molecule has 0 atom stereocenters. The molecule has 6 nitrogen and oxygen atoms in total. The summed E-state index contributed by atoms with van der Waals surface area (Å²) in [5.74, 6) is 0.126. The average molecular weight is 395 g/mol. The Hall–Kier alpha value is -3.07. The summed E-state index contributed by atoms with van der Waals surface area (Å²) in [6.07, 6.45) is -3.30. The van der Waals surface area contributed by atoms with E-state index in [1.165, 1.54) is 12.1 Å². The highest BCUT2D eigenvalue weighted by molar-refractivity contribution is 6.01. The van der Waals surface area contributed by atoms with Gasteiger partial charge >= 0.3 is 12.2 Å². The van der Waals surface area contributed by atoms with E-state index in [9.17, 15) is 22.8 Å². The summed E-state index contributed by atoms with van der Waals surface area (Å²) in [4.78, 5) is 23.0. The van der Waals surface area contributed by atoms with Crippen molar-refractivity contribution in [2.45, 2.75) is 12.6 Å². The summed E-state index contributed by atoms with van der Waals surface area (Å²) in [6, 6.07) is 8.23. The summed E-state index contributed by atoms with van der Waals surface area (Å²) in [5.41, 5.74) is -0.340. The number of nitrogens with one attached hydrogen (secondary N) is 3. The number of amides is 2. The Morgan fingerprint density at radius 3 is 2.61 bits per heavy atom. The molecule has 0 spiro atoms. The molecule has 28 heavy (non-hydrogen) atoms. The highest BCUT2D eigenvalue weighted by atomic mass is 19.4. The van der Waals surface area contributed by atoms with Gasteiger partial charge in [-0.05, 0) is 50.3 Å². The Kier molecular flexibility index (Phi) is 7.39. The fourth-order valence-corrected chi connectivity index (χ4v) is 2.34. The van der Waals surface area contributed by atoms with Crippen molar-refractivity contribution in [3.8, 4) is 5.75 Å². The van der Waals surface area contributed by atoms with Gasteiger partial charge in [0.1, 0.15) is 12.0 Å². The molecule has 0 aliphatic rings. The molecule has 3 N–H and O–H groups in total. The zero-order chi connectivity index (χ0) is 20.6. The number of ether oxygens (including phenoxy) is 1. The number of halogens is 3. The first-order valence-corrected chi connectivity index (χ1v) is 8.45. The number of hydrogen-bond donors (Lipinski definition) is 3. The molecule has 0 aliphatic carbocycles. The number of rotatable bonds is 8. The second kappa shape index (κ2) is 9.75. The van der Waals surface area contributed by atoms with Gasteiger partial charge in [0.05, 0.1) is 17.9 Å². The monoisotopic (exact) mass is 395 g/mol. The van der Waals surface area contributed by atoms with Crippen molar-refractivity contribution < 1.29 is 27.5 Å². The van der Waals surface area contributed by atoms with Gasteiger partial charge in [0.2, 0.25) is 0 Å². The third-order valence-corrected chi connectivity index (χ3v) is 3.66. The lowest BCUT2D eigenvalue weighted by Gasteiger charge is -2.16. The predicted octanol–water partition coefficient (Wildman–Crippen LogP) is 4.15. The highest BCUT2D eigenvalue weighted by Crippen LogP contribution is 2.35. The zero-order valence-electron chi connectivity index (χ0n) is 15.1. The van der Waals surface area contributed by atoms with Gasteiger partial charge in [0.15, 0.2) is 0 Å². The Morgan fingerprint density at radius 2 is 1.93 bits per heavy atom. The third kappa shape index (κ3) is 6.27. The summed E-state index contributed by atoms with van der Waals surface area (Å²) in [7, 11) is 1.77. The maximum atomic E-state index is 13.0. The van der Waals surface area contributed by atoms with E-state index in [-0.39, 0.29) is 18.0 Å². The summed E-state index contributed by atoms with van der Waals surface area (Å²) in [5, 5.41) is 7.78. The molecule has 0 saturated heterocycles. The molecule has 2 aromatic carbocycles. The van der Waals surface area contributed by atoms with Crippen LogP contribution in [0.15, 0.2) is 42.5 Å². The normalized spacial score (nSPS) is 11.0. The minimum atomic E-state index is -4.56. The number of anilines is 2. The van der Waals surface area contributed by atoms with Crippen molar-refractivity contribution in [2.24, 2.45) is 0 Å². The van der Waals surface area contributed by atoms with Crippen LogP contribution in [0.1, 0.15) is 22.3 Å². The highest BCUT2D eigenvalue weighted by Gasteiger charge is 2.31. The standard InChI is InChI=1S/C19H20F3N3O3/c1-23-8-3-9-28-17-7-6-14(19(20,21)22)11-16(17)25-18(27)24-15-5-2-4-13(10-15)12-26/h2,4-7,10-12,23H,3,8-9H2,1H3,(H2,24,25,27). The van der Waals surface area contributed by atoms with Crippen molar-refractivity contribution in [3.05, 3.63) is 53.6 Å². The fraction of sp³-hybridized carbons (Fsp3) is 0.263. The number of carbonyl (C=O) groups excluding carboxylic acids is 2. The van der Waals surface area contributed by atoms with Gasteiger partial charge in [-0.1, -0.05) is 12.1 Å². The molecule has 0 aliphatic heterocycles. The second-order valence-electron chi connectivity index (χ2n) is 5.84. The lowest BCUT2D eigenvalue weighted by atomic mass is 10.1. The largest absolute Gasteiger partial charge is 0.491 e. The number of hydrogen-bond acceptors (Lipinski definition) is 4. The van der Waals surface area contributed by atoms with Crippen molar-refractivity contribution >= 4 is 23.7 Å². The third-order valence-electron chi connectivity index (χ3n) is 3.66. The Bertz CT molecular complexity index is 826. The molecule has 0 bridgehead atoms. The van der Waals surface area contributed by atoms with Crippen LogP contribution in [0.4, 0.5) is 29.3 Å². The molecule has 0 unspecified atom stereocenters. The minimum Gasteiger partial charge on any atom is -0.491 e. The van der Waals surface area contributed by atoms with Gasteiger partial charge in [-0.2, -0.15) is 13.2 Å². The average Bonchev–Trinajstić information content (AvgIpc) is 2.65. The molecule has 2 rings (SSSR count). The zero-order valence-corrected chi connectivity index (χ0v) is 15.1. The quantitative estimate of drug-likeness (QED) is 0.463. The van der Waals surface area contributed by atoms with Crippen LogP contribution in [0.5, 0.6) is 5.75 Å². The number of alkyl halides is 3. The molecule has 150 valence electrons. The van der Waals surface area contributed by atoms with E-state index < -0.39 is 17.8 Å². The molecular weight excluding hydrogens is 375 g/mol. The van der Waals surface area contributed by atoms with Crippen molar-refractivity contribution in [1.29, 1.82) is 0 Å². The Morgan fingerprint density at radius 1 is 1.14 bits per heavy atom. The number of carbonyl (C=O) groups is 2. The molecule has 0 heterocycles. The van der Waals surface area contributed by atoms with Crippen LogP contribution in [0, 0.1) is 0 Å². The lowest BCUT2D eigenvalue weighted by Crippen LogP contribution is -2.21. The molecule has 2 amide bonds. The second-order valence-corrected chi connectivity index (χ2v) is 5.84. The van der Waals surface area contributed by atoms with Gasteiger partial charge in [-0.15, -0.1) is 0 Å². The van der Waals surface area contributed by atoms with Crippen LogP contribution in [0.2, 0.25) is 0 Å². The molecule has 0 saturated carbocycles. The van der Waals surface area contributed by atoms with Gasteiger partial charge in [0.25, 0.3) is 0 Å². The molecule has 2 aromatic rings. The van der Waals surface area contributed by atoms with Gasteiger partial charge < -0.3 is 20.7 Å². The molecular formula is C19H20F3N3O3. The van der Waals surface area contributed by atoms with E-state index in [0.29, 0.717) is 30.5 Å². The first kappa shape index (κ1) is 21.2. The molecule has 9 heteroatoms. The predicted molar refractivity (Wildman–Crippen MR) is 100.0 cm³/mol. The van der Waals surface area contributed by atoms with E-state index in [1.54, 1.807) is 25.2 Å². The van der Waals surface area contributed by atoms with Crippen LogP contribution in [0.25, 0.3) is 0 Å². The maximum Gasteiger partial charge on any atom is 0.416 e. The van der Waals surface area contributed by atoms with Crippen LogP contribution in [-0.4, -0.2) is 32.5 Å². The fourth-order valence-electron chi connectivity index (χ4n) is 2.34. The van der Waals surface area contributed by atoms with E-state index in [0.717, 1.165) is 12.1 Å². The summed E-state index contributed by atoms with van der Waals surface area (Å²) < 4.78 is 44.5. The van der Waals surface area contributed by atoms with Crippen molar-refractivity contribution in [2.75, 3.05) is 30.8 Å². The topological polar surface area (TPSA) is 79.5 Å². The smallest absolute Gasteiger partial charge is 0.416 e. The molecule has 0 fully saturated rings. The lowest BCUT2D eigenvalue weighted by molar-refractivity contribution is -0.137. The molecule has 0 radical (unpaired) electrons. The van der Waals surface area contributed by atoms with Gasteiger partial charge in [0, 0.05) is 11.3 Å². The van der Waals surface area contributed by atoms with Gasteiger partial charge in [-0.3, -0.25) is 4.79 Å². The Balaban J connectivity index is 2.16. The minimum absolute atomic E-state index is 0.108. The van der Waals surface area contributed by atoms with Crippen molar-refractivity contribution in [3.63, 3.8) is 0 Å². The van der Waals surface area contributed by atoms with Crippen LogP contribution in [-0.2, 0) is 6.18 Å². The van der Waals surface area contributed by atoms with Crippen LogP contribution < -0.4 is 20.7 Å². The summed E-state index contributed by atoms with van der Waals surface area (Å²) in [6.45, 7) is 0.945. The van der Waals surface area contributed by atoms with E-state index in [1.807, 2.05) is 0 Å². The number of aldehydes is 1. The number of urea groups is 1. The first-order valence-electron chi connectivity index (χ1n) is 8.45. The number of benzene rings is 2. The molecule has 0 aromatic heterocycles. The van der Waals surface area contributed by atoms with E-state index in [2.05, 4.69) is 16.0 Å². The van der Waals surface area contributed by atoms with Crippen LogP contribution in [0.3, 0.4) is 0 Å². The van der Waals surface area contributed by atoms with Gasteiger partial charge in [-0.25, -0.2) is 4.79 Å². The SMILES string of the molecule is CNCCCOc1ccc(C(F)(F)F)cc1NC(=O)Nc1cccc(C=O)c1. The first-order chi connectivity index (χ1) is 13.3. The van der Waals surface area contributed by atoms with Crippen LogP contribution >= 0.6 is 0 Å².